The number of anilines is 1. The van der Waals surface area contributed by atoms with Gasteiger partial charge in [0.1, 0.15) is 24.2 Å². The van der Waals surface area contributed by atoms with E-state index in [-0.39, 0.29) is 42.4 Å². The normalized spacial score (nSPS) is 23.7. The van der Waals surface area contributed by atoms with E-state index in [0.717, 1.165) is 13.0 Å². The number of carbonyl (C=O) groups is 3. The SMILES string of the molecule is CN1C(=O)c2cc(NC(=O)c3cnccn3)ccc2OC[C@H]2O[C@@H](CC(=O)NCC3CC3)CC[C@@H]21. The number of fused-ring (bicyclic) bond motifs is 2. The van der Waals surface area contributed by atoms with Crippen LogP contribution in [0.5, 0.6) is 5.75 Å². The van der Waals surface area contributed by atoms with Crippen LogP contribution in [0.3, 0.4) is 0 Å². The number of hydrogen-bond acceptors (Lipinski definition) is 7. The molecule has 1 aromatic heterocycles. The number of amides is 3. The third-order valence-electron chi connectivity index (χ3n) is 6.76. The number of likely N-dealkylation sites (N-methyl/N-ethyl adjacent to an activating group) is 1. The minimum absolute atomic E-state index is 0.0120. The van der Waals surface area contributed by atoms with Gasteiger partial charge in [-0.1, -0.05) is 0 Å². The largest absolute Gasteiger partial charge is 0.490 e. The summed E-state index contributed by atoms with van der Waals surface area (Å²) in [6.45, 7) is 1.01. The molecule has 0 radical (unpaired) electrons. The molecule has 3 amide bonds. The number of nitrogens with one attached hydrogen (secondary N) is 2. The maximum absolute atomic E-state index is 13.4. The molecule has 1 saturated heterocycles. The highest BCUT2D eigenvalue weighted by Gasteiger charge is 2.39. The van der Waals surface area contributed by atoms with Crippen LogP contribution in [0.2, 0.25) is 0 Å². The number of hydrogen-bond donors (Lipinski definition) is 2. The molecular weight excluding hydrogens is 450 g/mol. The fraction of sp³-hybridized carbons (Fsp3) is 0.480. The van der Waals surface area contributed by atoms with Gasteiger partial charge in [0.15, 0.2) is 0 Å². The summed E-state index contributed by atoms with van der Waals surface area (Å²) >= 11 is 0. The van der Waals surface area contributed by atoms with E-state index in [2.05, 4.69) is 20.6 Å². The van der Waals surface area contributed by atoms with E-state index in [1.165, 1.54) is 31.4 Å². The van der Waals surface area contributed by atoms with Gasteiger partial charge >= 0.3 is 0 Å². The van der Waals surface area contributed by atoms with E-state index < -0.39 is 5.91 Å². The zero-order chi connectivity index (χ0) is 24.4. The fourth-order valence-corrected chi connectivity index (χ4v) is 4.58. The highest BCUT2D eigenvalue weighted by molar-refractivity contribution is 6.04. The van der Waals surface area contributed by atoms with Gasteiger partial charge in [0, 0.05) is 31.7 Å². The zero-order valence-electron chi connectivity index (χ0n) is 19.6. The van der Waals surface area contributed by atoms with Gasteiger partial charge in [0.05, 0.1) is 30.3 Å². The van der Waals surface area contributed by atoms with Gasteiger partial charge < -0.3 is 25.0 Å². The highest BCUT2D eigenvalue weighted by Crippen LogP contribution is 2.33. The maximum Gasteiger partial charge on any atom is 0.275 e. The molecule has 10 nitrogen and oxygen atoms in total. The minimum Gasteiger partial charge on any atom is -0.490 e. The van der Waals surface area contributed by atoms with Crippen molar-refractivity contribution in [3.63, 3.8) is 0 Å². The summed E-state index contributed by atoms with van der Waals surface area (Å²) in [5, 5.41) is 5.74. The molecule has 3 aliphatic rings. The first-order valence-corrected chi connectivity index (χ1v) is 12.0. The van der Waals surface area contributed by atoms with E-state index in [1.807, 2.05) is 0 Å². The van der Waals surface area contributed by atoms with Crippen molar-refractivity contribution in [2.75, 3.05) is 25.5 Å². The fourth-order valence-electron chi connectivity index (χ4n) is 4.58. The molecule has 10 heteroatoms. The number of aromatic nitrogens is 2. The Morgan fingerprint density at radius 2 is 2.03 bits per heavy atom. The summed E-state index contributed by atoms with van der Waals surface area (Å²) < 4.78 is 12.2. The topological polar surface area (TPSA) is 123 Å². The van der Waals surface area contributed by atoms with Gasteiger partial charge in [-0.15, -0.1) is 0 Å². The molecule has 3 heterocycles. The van der Waals surface area contributed by atoms with Crippen molar-refractivity contribution in [2.24, 2.45) is 5.92 Å². The lowest BCUT2D eigenvalue weighted by molar-refractivity contribution is -0.134. The summed E-state index contributed by atoms with van der Waals surface area (Å²) in [4.78, 5) is 47.7. The average Bonchev–Trinajstić information content (AvgIpc) is 3.70. The van der Waals surface area contributed by atoms with E-state index in [9.17, 15) is 14.4 Å². The number of nitrogens with zero attached hydrogens (tertiary/aromatic N) is 3. The summed E-state index contributed by atoms with van der Waals surface area (Å²) in [5.41, 5.74) is 1.00. The second kappa shape index (κ2) is 9.99. The Bertz CT molecular complexity index is 1110. The van der Waals surface area contributed by atoms with Crippen molar-refractivity contribution in [2.45, 2.75) is 50.4 Å². The zero-order valence-corrected chi connectivity index (χ0v) is 19.6. The molecule has 2 aliphatic heterocycles. The third kappa shape index (κ3) is 5.43. The van der Waals surface area contributed by atoms with E-state index in [0.29, 0.717) is 35.8 Å². The Kier molecular flexibility index (Phi) is 6.63. The van der Waals surface area contributed by atoms with E-state index in [4.69, 9.17) is 9.47 Å². The van der Waals surface area contributed by atoms with Crippen molar-refractivity contribution >= 4 is 23.4 Å². The molecule has 3 atom stereocenters. The maximum atomic E-state index is 13.4. The Hall–Kier alpha value is -3.53. The molecule has 35 heavy (non-hydrogen) atoms. The number of carbonyl (C=O) groups excluding carboxylic acids is 3. The van der Waals surface area contributed by atoms with Gasteiger partial charge in [0.25, 0.3) is 11.8 Å². The first-order valence-electron chi connectivity index (χ1n) is 12.0. The van der Waals surface area contributed by atoms with Crippen molar-refractivity contribution in [3.8, 4) is 5.75 Å². The van der Waals surface area contributed by atoms with Crippen molar-refractivity contribution in [1.29, 1.82) is 0 Å². The molecular formula is C25H29N5O5. The van der Waals surface area contributed by atoms with Crippen LogP contribution in [0.25, 0.3) is 0 Å². The van der Waals surface area contributed by atoms with Crippen LogP contribution in [-0.4, -0.2) is 71.0 Å². The van der Waals surface area contributed by atoms with Crippen LogP contribution in [0.15, 0.2) is 36.8 Å². The molecule has 1 aliphatic carbocycles. The first-order chi connectivity index (χ1) is 17.0. The predicted octanol–water partition coefficient (Wildman–Crippen LogP) is 2.03. The van der Waals surface area contributed by atoms with E-state index >= 15 is 0 Å². The Labute approximate surface area is 203 Å². The van der Waals surface area contributed by atoms with Crippen molar-refractivity contribution < 1.29 is 23.9 Å². The van der Waals surface area contributed by atoms with Crippen LogP contribution in [0.1, 0.15) is 53.0 Å². The van der Waals surface area contributed by atoms with Gasteiger partial charge in [0.2, 0.25) is 5.91 Å². The molecule has 2 fully saturated rings. The number of rotatable bonds is 6. The van der Waals surface area contributed by atoms with Crippen LogP contribution < -0.4 is 15.4 Å². The van der Waals surface area contributed by atoms with Crippen LogP contribution in [-0.2, 0) is 9.53 Å². The smallest absolute Gasteiger partial charge is 0.275 e. The minimum atomic E-state index is -0.418. The lowest BCUT2D eigenvalue weighted by atomic mass is 9.94. The number of ether oxygens (including phenoxy) is 2. The van der Waals surface area contributed by atoms with Crippen molar-refractivity contribution in [1.82, 2.24) is 20.2 Å². The quantitative estimate of drug-likeness (QED) is 0.650. The molecule has 184 valence electrons. The van der Waals surface area contributed by atoms with Crippen LogP contribution >= 0.6 is 0 Å². The molecule has 0 bridgehead atoms. The monoisotopic (exact) mass is 479 g/mol. The number of benzene rings is 1. The molecule has 0 unspecified atom stereocenters. The average molecular weight is 480 g/mol. The molecule has 2 N–H and O–H groups in total. The lowest BCUT2D eigenvalue weighted by Gasteiger charge is -2.42. The summed E-state index contributed by atoms with van der Waals surface area (Å²) in [6.07, 6.45) is 7.89. The predicted molar refractivity (Wildman–Crippen MR) is 126 cm³/mol. The molecule has 2 aromatic rings. The Balaban J connectivity index is 1.25. The second-order valence-corrected chi connectivity index (χ2v) is 9.38. The van der Waals surface area contributed by atoms with Gasteiger partial charge in [-0.05, 0) is 49.8 Å². The molecule has 5 rings (SSSR count). The third-order valence-corrected chi connectivity index (χ3v) is 6.76. The van der Waals surface area contributed by atoms with Gasteiger partial charge in [-0.3, -0.25) is 19.4 Å². The van der Waals surface area contributed by atoms with Crippen LogP contribution in [0, 0.1) is 5.92 Å². The standard InChI is InChI=1S/C25H29N5O5/c1-30-20-6-5-17(11-23(31)28-12-15-2-3-15)35-22(20)14-34-21-7-4-16(10-18(21)25(30)33)29-24(32)19-13-26-8-9-27-19/h4,7-10,13,15,17,20,22H,2-3,5-6,11-12,14H2,1H3,(H,28,31)(H,29,32)/t17-,20+,22-/m1/s1. The Morgan fingerprint density at radius 3 is 2.80 bits per heavy atom. The first kappa shape index (κ1) is 23.2. The summed E-state index contributed by atoms with van der Waals surface area (Å²) in [7, 11) is 1.76. The van der Waals surface area contributed by atoms with Crippen molar-refractivity contribution in [3.05, 3.63) is 48.0 Å². The molecule has 0 spiro atoms. The second-order valence-electron chi connectivity index (χ2n) is 9.38. The van der Waals surface area contributed by atoms with Crippen LogP contribution in [0.4, 0.5) is 5.69 Å². The Morgan fingerprint density at radius 1 is 1.17 bits per heavy atom. The van der Waals surface area contributed by atoms with E-state index in [1.54, 1.807) is 30.1 Å². The van der Waals surface area contributed by atoms with Gasteiger partial charge in [-0.2, -0.15) is 0 Å². The molecule has 1 aromatic carbocycles. The summed E-state index contributed by atoms with van der Waals surface area (Å²) in [5.74, 6) is 0.437. The lowest BCUT2D eigenvalue weighted by Crippen LogP contribution is -2.54. The molecule has 1 saturated carbocycles. The highest BCUT2D eigenvalue weighted by atomic mass is 16.5. The van der Waals surface area contributed by atoms with Gasteiger partial charge in [-0.25, -0.2) is 4.98 Å². The summed E-state index contributed by atoms with van der Waals surface area (Å²) in [6, 6.07) is 4.78.